The number of methoxy groups -OCH3 is 1. The molecule has 0 amide bonds. The van der Waals surface area contributed by atoms with Gasteiger partial charge in [-0.15, -0.1) is 10.2 Å². The van der Waals surface area contributed by atoms with Crippen molar-refractivity contribution in [2.24, 2.45) is 0 Å². The van der Waals surface area contributed by atoms with Crippen LogP contribution in [-0.2, 0) is 0 Å². The van der Waals surface area contributed by atoms with Gasteiger partial charge in [0.25, 0.3) is 5.89 Å². The molecule has 0 aliphatic heterocycles. The van der Waals surface area contributed by atoms with Gasteiger partial charge in [-0.05, 0) is 12.1 Å². The number of pyridine rings is 1. The molecule has 0 N–H and O–H groups in total. The number of aromatic nitrogens is 3. The van der Waals surface area contributed by atoms with Gasteiger partial charge in [0.2, 0.25) is 6.39 Å². The topological polar surface area (TPSA) is 61.0 Å². The highest BCUT2D eigenvalue weighted by molar-refractivity contribution is 5.46. The molecule has 2 aromatic rings. The van der Waals surface area contributed by atoms with Gasteiger partial charge in [-0.25, -0.2) is 4.98 Å². The number of nitrogens with zero attached hydrogens (tertiary/aromatic N) is 3. The van der Waals surface area contributed by atoms with E-state index in [4.69, 9.17) is 9.15 Å². The van der Waals surface area contributed by atoms with E-state index in [0.717, 1.165) is 0 Å². The van der Waals surface area contributed by atoms with Crippen LogP contribution in [0.3, 0.4) is 0 Å². The molecule has 0 radical (unpaired) electrons. The first-order valence-corrected chi connectivity index (χ1v) is 3.67. The molecule has 0 fully saturated rings. The summed E-state index contributed by atoms with van der Waals surface area (Å²) in [6.07, 6.45) is 2.86. The summed E-state index contributed by atoms with van der Waals surface area (Å²) in [5, 5.41) is 7.28. The van der Waals surface area contributed by atoms with Crippen LogP contribution in [0.25, 0.3) is 11.6 Å². The Morgan fingerprint density at radius 2 is 2.31 bits per heavy atom. The lowest BCUT2D eigenvalue weighted by atomic mass is 10.3. The van der Waals surface area contributed by atoms with Crippen LogP contribution in [0.1, 0.15) is 0 Å². The molecule has 0 aliphatic rings. The first kappa shape index (κ1) is 7.72. The standard InChI is InChI=1S/C8H7N3O2/c1-12-6-2-3-7(9-4-6)8-11-10-5-13-8/h2-5H,1H3. The van der Waals surface area contributed by atoms with Gasteiger partial charge >= 0.3 is 0 Å². The maximum Gasteiger partial charge on any atom is 0.266 e. The second kappa shape index (κ2) is 3.22. The molecule has 5 heteroatoms. The molecule has 0 spiro atoms. The Bertz CT molecular complexity index is 369. The van der Waals surface area contributed by atoms with Crippen molar-refractivity contribution >= 4 is 0 Å². The zero-order valence-electron chi connectivity index (χ0n) is 6.97. The third kappa shape index (κ3) is 1.48. The third-order valence-corrected chi connectivity index (χ3v) is 1.55. The minimum absolute atomic E-state index is 0.405. The van der Waals surface area contributed by atoms with Crippen molar-refractivity contribution in [3.05, 3.63) is 24.7 Å². The van der Waals surface area contributed by atoms with Gasteiger partial charge in [0.05, 0.1) is 13.3 Å². The molecule has 0 bridgehead atoms. The first-order valence-electron chi connectivity index (χ1n) is 3.67. The molecule has 2 aromatic heterocycles. The van der Waals surface area contributed by atoms with E-state index in [1.807, 2.05) is 0 Å². The third-order valence-electron chi connectivity index (χ3n) is 1.55. The lowest BCUT2D eigenvalue weighted by Crippen LogP contribution is -1.86. The molecule has 2 heterocycles. The second-order valence-corrected chi connectivity index (χ2v) is 2.33. The molecule has 2 rings (SSSR count). The maximum absolute atomic E-state index is 4.97. The molecule has 0 saturated carbocycles. The highest BCUT2D eigenvalue weighted by Crippen LogP contribution is 2.15. The largest absolute Gasteiger partial charge is 0.495 e. The van der Waals surface area contributed by atoms with Crippen molar-refractivity contribution in [2.75, 3.05) is 7.11 Å². The van der Waals surface area contributed by atoms with Crippen molar-refractivity contribution in [3.63, 3.8) is 0 Å². The number of hydrogen-bond acceptors (Lipinski definition) is 5. The Hall–Kier alpha value is -1.91. The quantitative estimate of drug-likeness (QED) is 0.688. The fraction of sp³-hybridized carbons (Fsp3) is 0.125. The molecule has 5 nitrogen and oxygen atoms in total. The molecule has 0 unspecified atom stereocenters. The van der Waals surface area contributed by atoms with Crippen LogP contribution in [-0.4, -0.2) is 22.3 Å². The summed E-state index contributed by atoms with van der Waals surface area (Å²) in [5.41, 5.74) is 0.637. The highest BCUT2D eigenvalue weighted by Gasteiger charge is 2.03. The number of rotatable bonds is 2. The Morgan fingerprint density at radius 1 is 1.38 bits per heavy atom. The maximum atomic E-state index is 4.97. The van der Waals surface area contributed by atoms with Gasteiger partial charge in [0, 0.05) is 0 Å². The smallest absolute Gasteiger partial charge is 0.266 e. The van der Waals surface area contributed by atoms with Crippen molar-refractivity contribution in [3.8, 4) is 17.3 Å². The molecular formula is C8H7N3O2. The van der Waals surface area contributed by atoms with Gasteiger partial charge in [-0.1, -0.05) is 0 Å². The lowest BCUT2D eigenvalue weighted by molar-refractivity contribution is 0.413. The van der Waals surface area contributed by atoms with Gasteiger partial charge in [-0.2, -0.15) is 0 Å². The monoisotopic (exact) mass is 177 g/mol. The summed E-state index contributed by atoms with van der Waals surface area (Å²) in [4.78, 5) is 4.07. The molecule has 0 aliphatic carbocycles. The van der Waals surface area contributed by atoms with Crippen LogP contribution in [0.4, 0.5) is 0 Å². The van der Waals surface area contributed by atoms with Crippen LogP contribution in [0.15, 0.2) is 29.1 Å². The van der Waals surface area contributed by atoms with E-state index < -0.39 is 0 Å². The molecule has 0 atom stereocenters. The Labute approximate surface area is 74.4 Å². The van der Waals surface area contributed by atoms with Crippen LogP contribution in [0.2, 0.25) is 0 Å². The Kier molecular flexibility index (Phi) is 1.91. The van der Waals surface area contributed by atoms with Crippen LogP contribution < -0.4 is 4.74 Å². The Balaban J connectivity index is 2.33. The van der Waals surface area contributed by atoms with E-state index in [1.165, 1.54) is 6.39 Å². The van der Waals surface area contributed by atoms with Gasteiger partial charge < -0.3 is 9.15 Å². The van der Waals surface area contributed by atoms with E-state index >= 15 is 0 Å². The normalized spacial score (nSPS) is 9.92. The fourth-order valence-corrected chi connectivity index (χ4v) is 0.912. The highest BCUT2D eigenvalue weighted by atomic mass is 16.5. The molecular weight excluding hydrogens is 170 g/mol. The molecule has 13 heavy (non-hydrogen) atoms. The zero-order chi connectivity index (χ0) is 9.10. The summed E-state index contributed by atoms with van der Waals surface area (Å²) in [7, 11) is 1.59. The number of ether oxygens (including phenoxy) is 1. The lowest BCUT2D eigenvalue weighted by Gasteiger charge is -1.97. The predicted molar refractivity (Wildman–Crippen MR) is 44.1 cm³/mol. The minimum atomic E-state index is 0.405. The summed E-state index contributed by atoms with van der Waals surface area (Å²) in [6, 6.07) is 3.54. The average Bonchev–Trinajstić information content (AvgIpc) is 2.71. The van der Waals surface area contributed by atoms with E-state index in [-0.39, 0.29) is 0 Å². The van der Waals surface area contributed by atoms with Crippen molar-refractivity contribution in [2.45, 2.75) is 0 Å². The number of hydrogen-bond donors (Lipinski definition) is 0. The van der Waals surface area contributed by atoms with Crippen LogP contribution in [0, 0.1) is 0 Å². The summed E-state index contributed by atoms with van der Waals surface area (Å²) >= 11 is 0. The second-order valence-electron chi connectivity index (χ2n) is 2.33. The van der Waals surface area contributed by atoms with Crippen LogP contribution >= 0.6 is 0 Å². The fourth-order valence-electron chi connectivity index (χ4n) is 0.912. The first-order chi connectivity index (χ1) is 6.40. The van der Waals surface area contributed by atoms with Crippen molar-refractivity contribution in [1.29, 1.82) is 0 Å². The van der Waals surface area contributed by atoms with Gasteiger partial charge in [0.15, 0.2) is 0 Å². The van der Waals surface area contributed by atoms with E-state index in [1.54, 1.807) is 25.4 Å². The summed E-state index contributed by atoms with van der Waals surface area (Å²) < 4.78 is 9.92. The summed E-state index contributed by atoms with van der Waals surface area (Å²) in [5.74, 6) is 1.10. The minimum Gasteiger partial charge on any atom is -0.495 e. The zero-order valence-corrected chi connectivity index (χ0v) is 6.97. The Morgan fingerprint density at radius 3 is 2.85 bits per heavy atom. The van der Waals surface area contributed by atoms with Crippen LogP contribution in [0.5, 0.6) is 5.75 Å². The summed E-state index contributed by atoms with van der Waals surface area (Å²) in [6.45, 7) is 0. The van der Waals surface area contributed by atoms with Crippen molar-refractivity contribution < 1.29 is 9.15 Å². The molecule has 0 saturated heterocycles. The average molecular weight is 177 g/mol. The predicted octanol–water partition coefficient (Wildman–Crippen LogP) is 1.14. The molecule has 0 aromatic carbocycles. The van der Waals surface area contributed by atoms with Gasteiger partial charge in [-0.3, -0.25) is 0 Å². The molecule has 66 valence electrons. The van der Waals surface area contributed by atoms with Crippen molar-refractivity contribution in [1.82, 2.24) is 15.2 Å². The van der Waals surface area contributed by atoms with E-state index in [9.17, 15) is 0 Å². The van der Waals surface area contributed by atoms with E-state index in [0.29, 0.717) is 17.3 Å². The van der Waals surface area contributed by atoms with Gasteiger partial charge in [0.1, 0.15) is 11.4 Å². The SMILES string of the molecule is COc1ccc(-c2nnco2)nc1. The van der Waals surface area contributed by atoms with E-state index in [2.05, 4.69) is 15.2 Å².